The van der Waals surface area contributed by atoms with Crippen molar-refractivity contribution in [2.24, 2.45) is 11.8 Å². The SMILES string of the molecule is COC(=O)CC(=O)C(CC(C)C)C(=O)OC. The van der Waals surface area contributed by atoms with Gasteiger partial charge in [0.2, 0.25) is 0 Å². The van der Waals surface area contributed by atoms with E-state index < -0.39 is 23.6 Å². The number of hydrogen-bond donors (Lipinski definition) is 0. The molecule has 0 saturated carbocycles. The number of rotatable bonds is 6. The summed E-state index contributed by atoms with van der Waals surface area (Å²) in [4.78, 5) is 33.9. The van der Waals surface area contributed by atoms with Crippen molar-refractivity contribution in [1.29, 1.82) is 0 Å². The topological polar surface area (TPSA) is 69.7 Å². The highest BCUT2D eigenvalue weighted by molar-refractivity contribution is 6.06. The number of Topliss-reactive ketones (excluding diaryl/α,β-unsaturated/α-hetero) is 1. The summed E-state index contributed by atoms with van der Waals surface area (Å²) in [5, 5.41) is 0. The zero-order valence-corrected chi connectivity index (χ0v) is 10.1. The molecule has 5 nitrogen and oxygen atoms in total. The summed E-state index contributed by atoms with van der Waals surface area (Å²) >= 11 is 0. The quantitative estimate of drug-likeness (QED) is 0.502. The number of ether oxygens (including phenoxy) is 2. The second kappa shape index (κ2) is 6.98. The minimum atomic E-state index is -0.871. The Kier molecular flexibility index (Phi) is 6.37. The smallest absolute Gasteiger partial charge is 0.316 e. The Morgan fingerprint density at radius 2 is 1.62 bits per heavy atom. The van der Waals surface area contributed by atoms with Crippen LogP contribution in [0.15, 0.2) is 0 Å². The number of methoxy groups -OCH3 is 2. The molecular formula is C11H18O5. The molecule has 0 radical (unpaired) electrons. The Morgan fingerprint density at radius 3 is 2.00 bits per heavy atom. The maximum atomic E-state index is 11.6. The largest absolute Gasteiger partial charge is 0.469 e. The number of carbonyl (C=O) groups is 3. The van der Waals surface area contributed by atoms with E-state index in [0.29, 0.717) is 6.42 Å². The van der Waals surface area contributed by atoms with Gasteiger partial charge in [0.05, 0.1) is 14.2 Å². The van der Waals surface area contributed by atoms with Gasteiger partial charge in [0.25, 0.3) is 0 Å². The third-order valence-electron chi connectivity index (χ3n) is 2.13. The van der Waals surface area contributed by atoms with E-state index in [2.05, 4.69) is 9.47 Å². The van der Waals surface area contributed by atoms with Crippen molar-refractivity contribution in [2.45, 2.75) is 26.7 Å². The summed E-state index contributed by atoms with van der Waals surface area (Å²) in [6, 6.07) is 0. The third kappa shape index (κ3) is 4.91. The van der Waals surface area contributed by atoms with Crippen LogP contribution in [-0.2, 0) is 23.9 Å². The van der Waals surface area contributed by atoms with Crippen LogP contribution < -0.4 is 0 Å². The minimum Gasteiger partial charge on any atom is -0.469 e. The molecule has 0 bridgehead atoms. The predicted octanol–water partition coefficient (Wildman–Crippen LogP) is 0.954. The van der Waals surface area contributed by atoms with Crippen molar-refractivity contribution in [3.8, 4) is 0 Å². The number of ketones is 1. The molecule has 16 heavy (non-hydrogen) atoms. The maximum absolute atomic E-state index is 11.6. The van der Waals surface area contributed by atoms with Crippen molar-refractivity contribution < 1.29 is 23.9 Å². The van der Waals surface area contributed by atoms with Crippen LogP contribution in [-0.4, -0.2) is 31.9 Å². The zero-order chi connectivity index (χ0) is 12.7. The van der Waals surface area contributed by atoms with E-state index in [-0.39, 0.29) is 12.3 Å². The lowest BCUT2D eigenvalue weighted by Gasteiger charge is -2.14. The first kappa shape index (κ1) is 14.6. The first-order valence-corrected chi connectivity index (χ1v) is 5.09. The van der Waals surface area contributed by atoms with Crippen LogP contribution in [0.1, 0.15) is 26.7 Å². The maximum Gasteiger partial charge on any atom is 0.316 e. The average Bonchev–Trinajstić information content (AvgIpc) is 2.24. The molecule has 0 spiro atoms. The van der Waals surface area contributed by atoms with Gasteiger partial charge >= 0.3 is 11.9 Å². The summed E-state index contributed by atoms with van der Waals surface area (Å²) in [5.74, 6) is -2.38. The molecule has 0 aliphatic carbocycles. The fourth-order valence-corrected chi connectivity index (χ4v) is 1.31. The molecule has 5 heteroatoms. The summed E-state index contributed by atoms with van der Waals surface area (Å²) < 4.78 is 8.92. The Labute approximate surface area is 95.1 Å². The molecule has 0 saturated heterocycles. The lowest BCUT2D eigenvalue weighted by Crippen LogP contribution is -2.28. The van der Waals surface area contributed by atoms with E-state index in [4.69, 9.17) is 0 Å². The lowest BCUT2D eigenvalue weighted by atomic mass is 9.92. The number of hydrogen-bond acceptors (Lipinski definition) is 5. The van der Waals surface area contributed by atoms with Crippen LogP contribution in [0.3, 0.4) is 0 Å². The highest BCUT2D eigenvalue weighted by Gasteiger charge is 2.29. The molecule has 0 aromatic heterocycles. The molecule has 0 aliphatic heterocycles. The van der Waals surface area contributed by atoms with Gasteiger partial charge in [0.1, 0.15) is 12.3 Å². The average molecular weight is 230 g/mol. The minimum absolute atomic E-state index is 0.172. The molecule has 0 amide bonds. The fourth-order valence-electron chi connectivity index (χ4n) is 1.31. The normalized spacial score (nSPS) is 12.1. The van der Waals surface area contributed by atoms with Crippen LogP contribution in [0, 0.1) is 11.8 Å². The Bertz CT molecular complexity index is 270. The van der Waals surface area contributed by atoms with E-state index in [9.17, 15) is 14.4 Å². The highest BCUT2D eigenvalue weighted by Crippen LogP contribution is 2.16. The van der Waals surface area contributed by atoms with Gasteiger partial charge in [-0.05, 0) is 12.3 Å². The molecule has 0 N–H and O–H groups in total. The van der Waals surface area contributed by atoms with Crippen LogP contribution in [0.2, 0.25) is 0 Å². The third-order valence-corrected chi connectivity index (χ3v) is 2.13. The second-order valence-electron chi connectivity index (χ2n) is 3.92. The Morgan fingerprint density at radius 1 is 1.06 bits per heavy atom. The van der Waals surface area contributed by atoms with Gasteiger partial charge in [-0.1, -0.05) is 13.8 Å². The molecule has 0 aromatic rings. The van der Waals surface area contributed by atoms with Crippen LogP contribution in [0.5, 0.6) is 0 Å². The van der Waals surface area contributed by atoms with Crippen molar-refractivity contribution in [3.63, 3.8) is 0 Å². The summed E-state index contributed by atoms with van der Waals surface area (Å²) in [5.41, 5.74) is 0. The van der Waals surface area contributed by atoms with Gasteiger partial charge in [0, 0.05) is 0 Å². The van der Waals surface area contributed by atoms with Crippen molar-refractivity contribution in [3.05, 3.63) is 0 Å². The molecule has 0 aliphatic rings. The van der Waals surface area contributed by atoms with E-state index in [1.165, 1.54) is 14.2 Å². The van der Waals surface area contributed by atoms with E-state index in [0.717, 1.165) is 0 Å². The summed E-state index contributed by atoms with van der Waals surface area (Å²) in [6.07, 6.45) is -0.00844. The van der Waals surface area contributed by atoms with Crippen molar-refractivity contribution >= 4 is 17.7 Å². The molecule has 0 rings (SSSR count). The van der Waals surface area contributed by atoms with Crippen molar-refractivity contribution in [2.75, 3.05) is 14.2 Å². The van der Waals surface area contributed by atoms with Crippen LogP contribution in [0.4, 0.5) is 0 Å². The molecule has 1 atom stereocenters. The summed E-state index contributed by atoms with van der Waals surface area (Å²) in [6.45, 7) is 3.78. The second-order valence-corrected chi connectivity index (χ2v) is 3.92. The molecule has 92 valence electrons. The molecule has 1 unspecified atom stereocenters. The monoisotopic (exact) mass is 230 g/mol. The zero-order valence-electron chi connectivity index (χ0n) is 10.1. The first-order valence-electron chi connectivity index (χ1n) is 5.09. The van der Waals surface area contributed by atoms with Crippen LogP contribution in [0.25, 0.3) is 0 Å². The van der Waals surface area contributed by atoms with Crippen molar-refractivity contribution in [1.82, 2.24) is 0 Å². The molecular weight excluding hydrogens is 212 g/mol. The van der Waals surface area contributed by atoms with E-state index >= 15 is 0 Å². The fraction of sp³-hybridized carbons (Fsp3) is 0.727. The number of esters is 2. The highest BCUT2D eigenvalue weighted by atomic mass is 16.5. The van der Waals surface area contributed by atoms with Gasteiger partial charge in [0.15, 0.2) is 5.78 Å². The van der Waals surface area contributed by atoms with E-state index in [1.807, 2.05) is 13.8 Å². The standard InChI is InChI=1S/C11H18O5/c1-7(2)5-8(11(14)16-4)9(12)6-10(13)15-3/h7-8H,5-6H2,1-4H3. The lowest BCUT2D eigenvalue weighted by molar-refractivity contribution is -0.152. The molecule has 0 fully saturated rings. The van der Waals surface area contributed by atoms with Gasteiger partial charge < -0.3 is 9.47 Å². The van der Waals surface area contributed by atoms with Gasteiger partial charge in [-0.3, -0.25) is 14.4 Å². The predicted molar refractivity (Wildman–Crippen MR) is 56.6 cm³/mol. The van der Waals surface area contributed by atoms with Gasteiger partial charge in [-0.25, -0.2) is 0 Å². The van der Waals surface area contributed by atoms with E-state index in [1.54, 1.807) is 0 Å². The first-order chi connectivity index (χ1) is 7.42. The molecule has 0 heterocycles. The van der Waals surface area contributed by atoms with Crippen LogP contribution >= 0.6 is 0 Å². The summed E-state index contributed by atoms with van der Waals surface area (Å²) in [7, 11) is 2.42. The number of carbonyl (C=O) groups excluding carboxylic acids is 3. The molecule has 0 aromatic carbocycles. The van der Waals surface area contributed by atoms with Gasteiger partial charge in [-0.2, -0.15) is 0 Å². The Balaban J connectivity index is 4.56. The Hall–Kier alpha value is -1.39. The van der Waals surface area contributed by atoms with Gasteiger partial charge in [-0.15, -0.1) is 0 Å².